The highest BCUT2D eigenvalue weighted by Crippen LogP contribution is 2.28. The van der Waals surface area contributed by atoms with E-state index in [9.17, 15) is 9.18 Å². The van der Waals surface area contributed by atoms with Crippen LogP contribution in [0.2, 0.25) is 0 Å². The van der Waals surface area contributed by atoms with Crippen LogP contribution in [0.5, 0.6) is 0 Å². The Balaban J connectivity index is 1.58. The molecule has 1 unspecified atom stereocenters. The zero-order chi connectivity index (χ0) is 16.5. The molecule has 24 heavy (non-hydrogen) atoms. The Kier molecular flexibility index (Phi) is 4.06. The number of amides is 1. The van der Waals surface area contributed by atoms with E-state index < -0.39 is 0 Å². The minimum absolute atomic E-state index is 0.112. The molecule has 2 aliphatic rings. The zero-order valence-corrected chi connectivity index (χ0v) is 13.4. The first-order valence-corrected chi connectivity index (χ1v) is 8.49. The molecule has 1 amide bonds. The second kappa shape index (κ2) is 6.36. The number of hydrogen-bond acceptors (Lipinski definition) is 3. The molecule has 4 rings (SSSR count). The van der Waals surface area contributed by atoms with E-state index in [1.807, 2.05) is 0 Å². The summed E-state index contributed by atoms with van der Waals surface area (Å²) in [6.07, 6.45) is 4.91. The quantitative estimate of drug-likeness (QED) is 0.937. The molecule has 0 bridgehead atoms. The summed E-state index contributed by atoms with van der Waals surface area (Å²) < 4.78 is 20.5. The number of benzene rings is 1. The smallest absolute Gasteiger partial charge is 0.272 e. The van der Waals surface area contributed by atoms with Crippen LogP contribution in [-0.2, 0) is 17.6 Å². The van der Waals surface area contributed by atoms with Crippen molar-refractivity contribution in [2.75, 3.05) is 13.2 Å². The fraction of sp³-hybridized carbons (Fsp3) is 0.444. The first-order valence-electron chi connectivity index (χ1n) is 8.49. The Morgan fingerprint density at radius 2 is 2.12 bits per heavy atom. The van der Waals surface area contributed by atoms with Gasteiger partial charge in [-0.15, -0.1) is 0 Å². The van der Waals surface area contributed by atoms with Crippen molar-refractivity contribution in [1.82, 2.24) is 15.1 Å². The molecule has 1 aromatic carbocycles. The van der Waals surface area contributed by atoms with E-state index in [2.05, 4.69) is 10.4 Å². The third-order valence-electron chi connectivity index (χ3n) is 4.73. The highest BCUT2D eigenvalue weighted by atomic mass is 19.1. The molecule has 1 aliphatic carbocycles. The molecular weight excluding hydrogens is 309 g/mol. The molecule has 2 heterocycles. The van der Waals surface area contributed by atoms with Gasteiger partial charge in [0.25, 0.3) is 5.91 Å². The average Bonchev–Trinajstić information content (AvgIpc) is 3.31. The van der Waals surface area contributed by atoms with Crippen molar-refractivity contribution in [3.8, 4) is 5.69 Å². The van der Waals surface area contributed by atoms with E-state index in [-0.39, 0.29) is 17.8 Å². The predicted octanol–water partition coefficient (Wildman–Crippen LogP) is 2.41. The summed E-state index contributed by atoms with van der Waals surface area (Å²) in [6, 6.07) is 6.20. The van der Waals surface area contributed by atoms with Gasteiger partial charge in [-0.05, 0) is 56.4 Å². The summed E-state index contributed by atoms with van der Waals surface area (Å²) in [5.41, 5.74) is 3.35. The molecular formula is C18H20FN3O2. The first-order chi connectivity index (χ1) is 11.7. The Morgan fingerprint density at radius 1 is 1.29 bits per heavy atom. The van der Waals surface area contributed by atoms with Gasteiger partial charge in [0, 0.05) is 24.4 Å². The van der Waals surface area contributed by atoms with E-state index in [4.69, 9.17) is 4.74 Å². The minimum atomic E-state index is -0.280. The van der Waals surface area contributed by atoms with Crippen LogP contribution in [-0.4, -0.2) is 34.9 Å². The minimum Gasteiger partial charge on any atom is -0.376 e. The number of nitrogens with zero attached hydrogens (tertiary/aromatic N) is 2. The average molecular weight is 329 g/mol. The third kappa shape index (κ3) is 2.82. The fourth-order valence-electron chi connectivity index (χ4n) is 3.51. The van der Waals surface area contributed by atoms with Crippen LogP contribution in [0, 0.1) is 5.82 Å². The Labute approximate surface area is 139 Å². The number of carbonyl (C=O) groups excluding carboxylic acids is 1. The fourth-order valence-corrected chi connectivity index (χ4v) is 3.51. The van der Waals surface area contributed by atoms with Crippen LogP contribution in [0.1, 0.15) is 41.0 Å². The van der Waals surface area contributed by atoms with Crippen LogP contribution >= 0.6 is 0 Å². The molecule has 1 aromatic heterocycles. The lowest BCUT2D eigenvalue weighted by Gasteiger charge is -2.10. The molecule has 2 aromatic rings. The van der Waals surface area contributed by atoms with Crippen LogP contribution in [0.25, 0.3) is 5.69 Å². The number of aromatic nitrogens is 2. The van der Waals surface area contributed by atoms with Gasteiger partial charge in [-0.2, -0.15) is 5.10 Å². The van der Waals surface area contributed by atoms with E-state index in [1.54, 1.807) is 16.8 Å². The largest absolute Gasteiger partial charge is 0.376 e. The lowest BCUT2D eigenvalue weighted by atomic mass is 10.2. The van der Waals surface area contributed by atoms with Crippen molar-refractivity contribution in [2.45, 2.75) is 38.2 Å². The molecule has 6 heteroatoms. The number of halogens is 1. The van der Waals surface area contributed by atoms with Gasteiger partial charge in [0.1, 0.15) is 5.82 Å². The maximum atomic E-state index is 13.2. The molecule has 1 N–H and O–H groups in total. The zero-order valence-electron chi connectivity index (χ0n) is 13.4. The second-order valence-corrected chi connectivity index (χ2v) is 6.36. The van der Waals surface area contributed by atoms with Crippen molar-refractivity contribution in [2.24, 2.45) is 0 Å². The highest BCUT2D eigenvalue weighted by molar-refractivity contribution is 5.94. The van der Waals surface area contributed by atoms with Gasteiger partial charge < -0.3 is 10.1 Å². The van der Waals surface area contributed by atoms with Gasteiger partial charge in [0.2, 0.25) is 0 Å². The summed E-state index contributed by atoms with van der Waals surface area (Å²) in [7, 11) is 0. The number of carbonyl (C=O) groups is 1. The summed E-state index contributed by atoms with van der Waals surface area (Å²) in [4.78, 5) is 12.6. The third-order valence-corrected chi connectivity index (χ3v) is 4.73. The molecule has 5 nitrogen and oxygen atoms in total. The highest BCUT2D eigenvalue weighted by Gasteiger charge is 2.27. The van der Waals surface area contributed by atoms with E-state index in [0.29, 0.717) is 12.2 Å². The summed E-state index contributed by atoms with van der Waals surface area (Å²) >= 11 is 0. The Hall–Kier alpha value is -2.21. The number of ether oxygens (including phenoxy) is 1. The molecule has 1 aliphatic heterocycles. The molecule has 0 radical (unpaired) electrons. The van der Waals surface area contributed by atoms with Crippen molar-refractivity contribution in [3.63, 3.8) is 0 Å². The van der Waals surface area contributed by atoms with Gasteiger partial charge in [-0.3, -0.25) is 4.79 Å². The van der Waals surface area contributed by atoms with Crippen molar-refractivity contribution < 1.29 is 13.9 Å². The van der Waals surface area contributed by atoms with Crippen LogP contribution in [0.4, 0.5) is 4.39 Å². The Bertz CT molecular complexity index is 748. The van der Waals surface area contributed by atoms with E-state index in [0.717, 1.165) is 55.7 Å². The lowest BCUT2D eigenvalue weighted by Crippen LogP contribution is -2.32. The SMILES string of the molecule is O=C(NCC1CCCO1)c1nn(-c2ccc(F)cc2)c2c1CCC2. The van der Waals surface area contributed by atoms with Crippen LogP contribution in [0.15, 0.2) is 24.3 Å². The molecule has 0 saturated carbocycles. The normalized spacial score (nSPS) is 19.5. The predicted molar refractivity (Wildman–Crippen MR) is 86.9 cm³/mol. The van der Waals surface area contributed by atoms with Crippen molar-refractivity contribution in [1.29, 1.82) is 0 Å². The topological polar surface area (TPSA) is 56.1 Å². The molecule has 0 spiro atoms. The monoisotopic (exact) mass is 329 g/mol. The van der Waals surface area contributed by atoms with Crippen molar-refractivity contribution in [3.05, 3.63) is 47.0 Å². The molecule has 1 atom stereocenters. The second-order valence-electron chi connectivity index (χ2n) is 6.36. The van der Waals surface area contributed by atoms with E-state index in [1.165, 1.54) is 12.1 Å². The summed E-state index contributed by atoms with van der Waals surface area (Å²) in [6.45, 7) is 1.30. The van der Waals surface area contributed by atoms with Gasteiger partial charge in [-0.1, -0.05) is 0 Å². The van der Waals surface area contributed by atoms with Crippen LogP contribution < -0.4 is 5.32 Å². The van der Waals surface area contributed by atoms with Gasteiger partial charge in [0.15, 0.2) is 5.69 Å². The van der Waals surface area contributed by atoms with Crippen molar-refractivity contribution >= 4 is 5.91 Å². The molecule has 1 saturated heterocycles. The molecule has 126 valence electrons. The van der Waals surface area contributed by atoms with Gasteiger partial charge in [-0.25, -0.2) is 9.07 Å². The Morgan fingerprint density at radius 3 is 2.88 bits per heavy atom. The summed E-state index contributed by atoms with van der Waals surface area (Å²) in [5.74, 6) is -0.429. The van der Waals surface area contributed by atoms with Crippen LogP contribution in [0.3, 0.4) is 0 Å². The standard InChI is InChI=1S/C18H20FN3O2/c19-12-6-8-13(9-7-12)22-16-5-1-4-15(16)17(21-22)18(23)20-11-14-3-2-10-24-14/h6-9,14H,1-5,10-11H2,(H,20,23). The lowest BCUT2D eigenvalue weighted by molar-refractivity contribution is 0.0852. The number of nitrogens with one attached hydrogen (secondary N) is 1. The first kappa shape index (κ1) is 15.3. The van der Waals surface area contributed by atoms with E-state index >= 15 is 0 Å². The van der Waals surface area contributed by atoms with Gasteiger partial charge >= 0.3 is 0 Å². The maximum absolute atomic E-state index is 13.2. The summed E-state index contributed by atoms with van der Waals surface area (Å²) in [5, 5.41) is 7.46. The number of rotatable bonds is 4. The maximum Gasteiger partial charge on any atom is 0.272 e. The van der Waals surface area contributed by atoms with Gasteiger partial charge in [0.05, 0.1) is 11.8 Å². The molecule has 1 fully saturated rings. The number of fused-ring (bicyclic) bond motifs is 1. The number of hydrogen-bond donors (Lipinski definition) is 1.